The molecule has 5 rings (SSSR count). The molecule has 2 aromatic carbocycles. The number of amides is 1. The maximum absolute atomic E-state index is 13.5. The number of H-pyrrole nitrogens is 1. The molecule has 0 radical (unpaired) electrons. The van der Waals surface area contributed by atoms with Gasteiger partial charge >= 0.3 is 0 Å². The number of Topliss-reactive ketones (excluding diaryl/α,β-unsaturated/α-hetero) is 1. The van der Waals surface area contributed by atoms with E-state index in [0.717, 1.165) is 10.9 Å². The van der Waals surface area contributed by atoms with Gasteiger partial charge < -0.3 is 14.5 Å². The molecule has 0 saturated heterocycles. The summed E-state index contributed by atoms with van der Waals surface area (Å²) in [6, 6.07) is 14.9. The molecule has 1 aliphatic rings. The van der Waals surface area contributed by atoms with Crippen molar-refractivity contribution in [3.63, 3.8) is 0 Å². The summed E-state index contributed by atoms with van der Waals surface area (Å²) >= 11 is 0. The van der Waals surface area contributed by atoms with Gasteiger partial charge in [-0.2, -0.15) is 0 Å². The fraction of sp³-hybridized carbons (Fsp3) is 0.0435. The van der Waals surface area contributed by atoms with Crippen LogP contribution >= 0.6 is 0 Å². The third kappa shape index (κ3) is 2.63. The molecule has 1 unspecified atom stereocenters. The second-order valence-corrected chi connectivity index (χ2v) is 6.91. The van der Waals surface area contributed by atoms with Crippen LogP contribution in [-0.4, -0.2) is 21.8 Å². The Morgan fingerprint density at radius 2 is 1.83 bits per heavy atom. The van der Waals surface area contributed by atoms with Gasteiger partial charge in [-0.15, -0.1) is 0 Å². The molecule has 2 N–H and O–H groups in total. The summed E-state index contributed by atoms with van der Waals surface area (Å²) in [5, 5.41) is 11.5. The lowest BCUT2D eigenvalue weighted by atomic mass is 9.94. The van der Waals surface area contributed by atoms with Crippen molar-refractivity contribution in [2.45, 2.75) is 6.04 Å². The average Bonchev–Trinajstić information content (AvgIpc) is 3.48. The summed E-state index contributed by atoms with van der Waals surface area (Å²) in [6.07, 6.45) is 3.05. The number of furan rings is 1. The number of aliphatic hydroxyl groups is 1. The van der Waals surface area contributed by atoms with Crippen molar-refractivity contribution in [2.75, 3.05) is 4.90 Å². The molecule has 0 aliphatic carbocycles. The van der Waals surface area contributed by atoms with E-state index in [0.29, 0.717) is 11.3 Å². The highest BCUT2D eigenvalue weighted by Crippen LogP contribution is 2.44. The molecule has 0 saturated carbocycles. The normalized spacial score (nSPS) is 16.6. The first kappa shape index (κ1) is 17.9. The van der Waals surface area contributed by atoms with Crippen LogP contribution in [0.4, 0.5) is 10.1 Å². The molecule has 6 nitrogen and oxygen atoms in total. The Hall–Kier alpha value is -4.13. The number of carbonyl (C=O) groups excluding carboxylic acids is 2. The third-order valence-corrected chi connectivity index (χ3v) is 5.22. The number of anilines is 1. The molecule has 1 amide bonds. The van der Waals surface area contributed by atoms with Crippen LogP contribution in [0.15, 0.2) is 88.9 Å². The number of aliphatic hydroxyl groups excluding tert-OH is 1. The number of carbonyl (C=O) groups is 2. The van der Waals surface area contributed by atoms with E-state index in [1.54, 1.807) is 12.3 Å². The first-order chi connectivity index (χ1) is 14.6. The van der Waals surface area contributed by atoms with Crippen molar-refractivity contribution >= 4 is 28.3 Å². The summed E-state index contributed by atoms with van der Waals surface area (Å²) in [5.74, 6) is -2.44. The monoisotopic (exact) mass is 402 g/mol. The van der Waals surface area contributed by atoms with Gasteiger partial charge in [-0.3, -0.25) is 14.5 Å². The van der Waals surface area contributed by atoms with E-state index in [1.807, 2.05) is 24.3 Å². The fourth-order valence-electron chi connectivity index (χ4n) is 3.86. The zero-order valence-electron chi connectivity index (χ0n) is 15.5. The minimum atomic E-state index is -0.920. The topological polar surface area (TPSA) is 86.5 Å². The van der Waals surface area contributed by atoms with Crippen molar-refractivity contribution < 1.29 is 23.5 Å². The Morgan fingerprint density at radius 3 is 2.57 bits per heavy atom. The lowest BCUT2D eigenvalue weighted by Gasteiger charge is -2.26. The van der Waals surface area contributed by atoms with Gasteiger partial charge in [0.1, 0.15) is 5.82 Å². The van der Waals surface area contributed by atoms with Crippen molar-refractivity contribution in [1.82, 2.24) is 4.98 Å². The van der Waals surface area contributed by atoms with Crippen LogP contribution in [0.2, 0.25) is 0 Å². The predicted molar refractivity (Wildman–Crippen MR) is 108 cm³/mol. The lowest BCUT2D eigenvalue weighted by molar-refractivity contribution is -0.117. The molecule has 4 aromatic rings. The quantitative estimate of drug-likeness (QED) is 0.485. The maximum atomic E-state index is 13.5. The molecule has 0 fully saturated rings. The molecule has 7 heteroatoms. The number of aromatic nitrogens is 1. The average molecular weight is 402 g/mol. The number of para-hydroxylation sites is 1. The van der Waals surface area contributed by atoms with Gasteiger partial charge in [-0.05, 0) is 42.5 Å². The summed E-state index contributed by atoms with van der Waals surface area (Å²) in [4.78, 5) is 30.6. The van der Waals surface area contributed by atoms with Gasteiger partial charge in [0.05, 0.1) is 17.9 Å². The maximum Gasteiger partial charge on any atom is 0.294 e. The van der Waals surface area contributed by atoms with E-state index in [4.69, 9.17) is 4.42 Å². The van der Waals surface area contributed by atoms with Crippen LogP contribution in [-0.2, 0) is 4.79 Å². The number of fused-ring (bicyclic) bond motifs is 1. The van der Waals surface area contributed by atoms with Crippen LogP contribution in [0.25, 0.3) is 10.9 Å². The smallest absolute Gasteiger partial charge is 0.294 e. The van der Waals surface area contributed by atoms with Crippen LogP contribution in [0.1, 0.15) is 22.2 Å². The summed E-state index contributed by atoms with van der Waals surface area (Å²) in [6.45, 7) is 0. The number of nitrogens with one attached hydrogen (secondary N) is 1. The van der Waals surface area contributed by atoms with Crippen LogP contribution in [0.5, 0.6) is 0 Å². The number of aromatic amines is 1. The number of hydrogen-bond donors (Lipinski definition) is 2. The van der Waals surface area contributed by atoms with E-state index in [9.17, 15) is 19.1 Å². The molecule has 1 atom stereocenters. The highest BCUT2D eigenvalue weighted by molar-refractivity contribution is 6.20. The minimum absolute atomic E-state index is 0.00940. The molecular formula is C23H15FN2O4. The summed E-state index contributed by atoms with van der Waals surface area (Å²) in [5.41, 5.74) is 1.70. The second-order valence-electron chi connectivity index (χ2n) is 6.91. The van der Waals surface area contributed by atoms with Gasteiger partial charge in [0.2, 0.25) is 5.78 Å². The van der Waals surface area contributed by atoms with Crippen LogP contribution in [0.3, 0.4) is 0 Å². The molecule has 2 aromatic heterocycles. The number of hydrogen-bond acceptors (Lipinski definition) is 4. The van der Waals surface area contributed by atoms with Gasteiger partial charge in [-0.25, -0.2) is 4.39 Å². The minimum Gasteiger partial charge on any atom is -0.503 e. The van der Waals surface area contributed by atoms with E-state index >= 15 is 0 Å². The molecule has 1 aliphatic heterocycles. The van der Waals surface area contributed by atoms with Crippen molar-refractivity contribution in [1.29, 1.82) is 0 Å². The SMILES string of the molecule is O=C(C1=C(O)C(=O)N(c2ccc(F)cc2)C1c1c[nH]c2ccccc12)c1ccco1. The van der Waals surface area contributed by atoms with Crippen molar-refractivity contribution in [2.24, 2.45) is 0 Å². The number of nitrogens with zero attached hydrogens (tertiary/aromatic N) is 1. The Morgan fingerprint density at radius 1 is 1.07 bits per heavy atom. The molecule has 3 heterocycles. The van der Waals surface area contributed by atoms with E-state index < -0.39 is 29.3 Å². The molecule has 30 heavy (non-hydrogen) atoms. The third-order valence-electron chi connectivity index (χ3n) is 5.22. The molecular weight excluding hydrogens is 387 g/mol. The largest absolute Gasteiger partial charge is 0.503 e. The predicted octanol–water partition coefficient (Wildman–Crippen LogP) is 4.68. The molecule has 0 bridgehead atoms. The standard InChI is InChI=1S/C23H15FN2O4/c24-13-7-9-14(10-8-13)26-20(16-12-25-17-5-2-1-4-15(16)17)19(22(28)23(26)29)21(27)18-6-3-11-30-18/h1-12,20,25,28H. The Bertz CT molecular complexity index is 1300. The second kappa shape index (κ2) is 6.73. The van der Waals surface area contributed by atoms with E-state index in [1.165, 1.54) is 41.5 Å². The zero-order valence-corrected chi connectivity index (χ0v) is 15.5. The number of benzene rings is 2. The highest BCUT2D eigenvalue weighted by Gasteiger charge is 2.46. The fourth-order valence-corrected chi connectivity index (χ4v) is 3.86. The number of halogens is 1. The van der Waals surface area contributed by atoms with Crippen molar-refractivity contribution in [3.05, 3.63) is 102 Å². The summed E-state index contributed by atoms with van der Waals surface area (Å²) in [7, 11) is 0. The van der Waals surface area contributed by atoms with Gasteiger partial charge in [0.15, 0.2) is 11.5 Å². The molecule has 148 valence electrons. The number of rotatable bonds is 4. The van der Waals surface area contributed by atoms with Crippen LogP contribution < -0.4 is 4.90 Å². The first-order valence-corrected chi connectivity index (χ1v) is 9.22. The lowest BCUT2D eigenvalue weighted by Crippen LogP contribution is -2.30. The number of ketones is 1. The first-order valence-electron chi connectivity index (χ1n) is 9.22. The Balaban J connectivity index is 1.73. The zero-order chi connectivity index (χ0) is 20.8. The highest BCUT2D eigenvalue weighted by atomic mass is 19.1. The molecule has 0 spiro atoms. The van der Waals surface area contributed by atoms with Gasteiger partial charge in [0.25, 0.3) is 5.91 Å². The Kier molecular flexibility index (Phi) is 4.03. The Labute approximate surface area is 169 Å². The van der Waals surface area contributed by atoms with Crippen molar-refractivity contribution in [3.8, 4) is 0 Å². The van der Waals surface area contributed by atoms with E-state index in [2.05, 4.69) is 4.98 Å². The van der Waals surface area contributed by atoms with Crippen LogP contribution in [0, 0.1) is 5.82 Å². The van der Waals surface area contributed by atoms with Gasteiger partial charge in [0, 0.05) is 28.4 Å². The van der Waals surface area contributed by atoms with E-state index in [-0.39, 0.29) is 11.3 Å². The van der Waals surface area contributed by atoms with Gasteiger partial charge in [-0.1, -0.05) is 18.2 Å². The summed E-state index contributed by atoms with van der Waals surface area (Å²) < 4.78 is 18.7.